The molecular weight excluding hydrogens is 162 g/mol. The predicted molar refractivity (Wildman–Crippen MR) is 52.9 cm³/mol. The summed E-state index contributed by atoms with van der Waals surface area (Å²) in [5, 5.41) is 0. The zero-order valence-electron chi connectivity index (χ0n) is 8.00. The highest BCUT2D eigenvalue weighted by Gasteiger charge is 2.26. The molecule has 0 unspecified atom stereocenters. The van der Waals surface area contributed by atoms with Crippen molar-refractivity contribution in [3.63, 3.8) is 0 Å². The van der Waals surface area contributed by atoms with Crippen molar-refractivity contribution in [2.45, 2.75) is 20.3 Å². The first-order valence-corrected chi connectivity index (χ1v) is 4.63. The van der Waals surface area contributed by atoms with Gasteiger partial charge in [-0.3, -0.25) is 4.79 Å². The smallest absolute Gasteiger partial charge is 0.231 e. The molecule has 1 aromatic rings. The van der Waals surface area contributed by atoms with E-state index in [1.807, 2.05) is 24.0 Å². The van der Waals surface area contributed by atoms with E-state index in [-0.39, 0.29) is 5.91 Å². The maximum Gasteiger partial charge on any atom is 0.231 e. The molecule has 13 heavy (non-hydrogen) atoms. The average Bonchev–Trinajstić information content (AvgIpc) is 2.42. The van der Waals surface area contributed by atoms with Crippen LogP contribution in [0.1, 0.15) is 18.1 Å². The summed E-state index contributed by atoms with van der Waals surface area (Å²) in [6, 6.07) is 6.11. The van der Waals surface area contributed by atoms with E-state index in [0.29, 0.717) is 6.42 Å². The fourth-order valence-electron chi connectivity index (χ4n) is 1.97. The number of likely N-dealkylation sites (N-methyl/N-ethyl adjacent to an activating group) is 1. The summed E-state index contributed by atoms with van der Waals surface area (Å²) in [5.41, 5.74) is 3.51. The molecule has 0 radical (unpaired) electrons. The highest BCUT2D eigenvalue weighted by molar-refractivity contribution is 6.02. The van der Waals surface area contributed by atoms with Crippen molar-refractivity contribution in [3.8, 4) is 0 Å². The number of hydrogen-bond acceptors (Lipinski definition) is 1. The molecule has 2 heteroatoms. The summed E-state index contributed by atoms with van der Waals surface area (Å²) in [6.07, 6.45) is 0.574. The standard InChI is InChI=1S/C11H13NO/c1-3-12-10(13)7-9-6-4-5-8(2)11(9)12/h4-6H,3,7H2,1-2H3. The molecule has 0 saturated carbocycles. The van der Waals surface area contributed by atoms with E-state index in [1.54, 1.807) is 0 Å². The normalized spacial score (nSPS) is 14.9. The van der Waals surface area contributed by atoms with Gasteiger partial charge in [0, 0.05) is 6.54 Å². The van der Waals surface area contributed by atoms with Gasteiger partial charge in [0.1, 0.15) is 0 Å². The number of hydrogen-bond donors (Lipinski definition) is 0. The second-order valence-corrected chi connectivity index (χ2v) is 3.40. The largest absolute Gasteiger partial charge is 0.312 e. The number of carbonyl (C=O) groups excluding carboxylic acids is 1. The zero-order valence-corrected chi connectivity index (χ0v) is 8.00. The van der Waals surface area contributed by atoms with E-state index in [4.69, 9.17) is 0 Å². The molecule has 0 N–H and O–H groups in total. The van der Waals surface area contributed by atoms with Gasteiger partial charge in [0.05, 0.1) is 12.1 Å². The summed E-state index contributed by atoms with van der Waals surface area (Å²) in [7, 11) is 0. The van der Waals surface area contributed by atoms with E-state index >= 15 is 0 Å². The van der Waals surface area contributed by atoms with Crippen molar-refractivity contribution in [2.75, 3.05) is 11.4 Å². The first-order valence-electron chi connectivity index (χ1n) is 4.63. The number of fused-ring (bicyclic) bond motifs is 1. The Balaban J connectivity index is 2.55. The van der Waals surface area contributed by atoms with Crippen molar-refractivity contribution < 1.29 is 4.79 Å². The summed E-state index contributed by atoms with van der Waals surface area (Å²) in [5.74, 6) is 0.229. The molecule has 1 aliphatic heterocycles. The molecule has 0 saturated heterocycles. The van der Waals surface area contributed by atoms with E-state index in [2.05, 4.69) is 13.0 Å². The maximum absolute atomic E-state index is 11.5. The van der Waals surface area contributed by atoms with Crippen LogP contribution in [0.3, 0.4) is 0 Å². The molecule has 1 aliphatic rings. The van der Waals surface area contributed by atoms with Gasteiger partial charge in [-0.05, 0) is 25.0 Å². The minimum Gasteiger partial charge on any atom is -0.312 e. The van der Waals surface area contributed by atoms with Crippen LogP contribution >= 0.6 is 0 Å². The molecule has 0 spiro atoms. The van der Waals surface area contributed by atoms with Gasteiger partial charge in [0.2, 0.25) is 5.91 Å². The van der Waals surface area contributed by atoms with Crippen LogP contribution in [-0.2, 0) is 11.2 Å². The van der Waals surface area contributed by atoms with Gasteiger partial charge in [0.15, 0.2) is 0 Å². The lowest BCUT2D eigenvalue weighted by Crippen LogP contribution is -2.26. The number of rotatable bonds is 1. The Hall–Kier alpha value is -1.31. The van der Waals surface area contributed by atoms with Gasteiger partial charge in [0.25, 0.3) is 0 Å². The van der Waals surface area contributed by atoms with Crippen LogP contribution in [-0.4, -0.2) is 12.5 Å². The Labute approximate surface area is 78.2 Å². The number of anilines is 1. The highest BCUT2D eigenvalue weighted by atomic mass is 16.2. The van der Waals surface area contributed by atoms with Crippen LogP contribution in [0.15, 0.2) is 18.2 Å². The van der Waals surface area contributed by atoms with Gasteiger partial charge in [-0.25, -0.2) is 0 Å². The number of benzene rings is 1. The lowest BCUT2D eigenvalue weighted by Gasteiger charge is -2.16. The molecule has 1 heterocycles. The average molecular weight is 175 g/mol. The summed E-state index contributed by atoms with van der Waals surface area (Å²) in [6.45, 7) is 4.84. The first kappa shape index (κ1) is 8.30. The Morgan fingerprint density at radius 2 is 2.23 bits per heavy atom. The van der Waals surface area contributed by atoms with Gasteiger partial charge in [-0.2, -0.15) is 0 Å². The van der Waals surface area contributed by atoms with Crippen LogP contribution in [0.4, 0.5) is 5.69 Å². The molecule has 0 fully saturated rings. The topological polar surface area (TPSA) is 20.3 Å². The van der Waals surface area contributed by atoms with Crippen molar-refractivity contribution in [3.05, 3.63) is 29.3 Å². The molecule has 0 aliphatic carbocycles. The number of para-hydroxylation sites is 1. The highest BCUT2D eigenvalue weighted by Crippen LogP contribution is 2.31. The SMILES string of the molecule is CCN1C(=O)Cc2cccc(C)c21. The monoisotopic (exact) mass is 175 g/mol. The van der Waals surface area contributed by atoms with Crippen LogP contribution in [0, 0.1) is 6.92 Å². The third-order valence-electron chi connectivity index (χ3n) is 2.55. The number of amides is 1. The van der Waals surface area contributed by atoms with Crippen LogP contribution in [0.25, 0.3) is 0 Å². The van der Waals surface area contributed by atoms with Crippen LogP contribution < -0.4 is 4.90 Å². The molecule has 0 atom stereocenters. The molecule has 0 aromatic heterocycles. The zero-order chi connectivity index (χ0) is 9.42. The lowest BCUT2D eigenvalue weighted by molar-refractivity contribution is -0.117. The third kappa shape index (κ3) is 1.13. The Kier molecular flexibility index (Phi) is 1.83. The molecule has 0 bridgehead atoms. The summed E-state index contributed by atoms with van der Waals surface area (Å²) >= 11 is 0. The second-order valence-electron chi connectivity index (χ2n) is 3.40. The van der Waals surface area contributed by atoms with Crippen molar-refractivity contribution in [1.82, 2.24) is 0 Å². The molecular formula is C11H13NO. The second kappa shape index (κ2) is 2.87. The lowest BCUT2D eigenvalue weighted by atomic mass is 10.1. The fraction of sp³-hybridized carbons (Fsp3) is 0.364. The molecule has 2 nitrogen and oxygen atoms in total. The van der Waals surface area contributed by atoms with Crippen molar-refractivity contribution in [1.29, 1.82) is 0 Å². The molecule has 68 valence electrons. The van der Waals surface area contributed by atoms with Gasteiger partial charge in [-0.15, -0.1) is 0 Å². The van der Waals surface area contributed by atoms with Crippen LogP contribution in [0.2, 0.25) is 0 Å². The van der Waals surface area contributed by atoms with Crippen molar-refractivity contribution >= 4 is 11.6 Å². The van der Waals surface area contributed by atoms with Crippen molar-refractivity contribution in [2.24, 2.45) is 0 Å². The first-order chi connectivity index (χ1) is 6.24. The van der Waals surface area contributed by atoms with Gasteiger partial charge in [-0.1, -0.05) is 18.2 Å². The molecule has 1 aromatic carbocycles. The minimum absolute atomic E-state index is 0.229. The fourth-order valence-corrected chi connectivity index (χ4v) is 1.97. The van der Waals surface area contributed by atoms with E-state index in [0.717, 1.165) is 12.2 Å². The third-order valence-corrected chi connectivity index (χ3v) is 2.55. The number of carbonyl (C=O) groups is 1. The van der Waals surface area contributed by atoms with E-state index < -0.39 is 0 Å². The Morgan fingerprint density at radius 3 is 2.92 bits per heavy atom. The molecule has 2 rings (SSSR count). The van der Waals surface area contributed by atoms with Crippen LogP contribution in [0.5, 0.6) is 0 Å². The Bertz CT molecular complexity index is 357. The van der Waals surface area contributed by atoms with Gasteiger partial charge >= 0.3 is 0 Å². The summed E-state index contributed by atoms with van der Waals surface area (Å²) < 4.78 is 0. The maximum atomic E-state index is 11.5. The minimum atomic E-state index is 0.229. The quantitative estimate of drug-likeness (QED) is 0.638. The number of nitrogens with zero attached hydrogens (tertiary/aromatic N) is 1. The predicted octanol–water partition coefficient (Wildman–Crippen LogP) is 1.90. The number of aryl methyl sites for hydroxylation is 1. The Morgan fingerprint density at radius 1 is 1.46 bits per heavy atom. The molecule has 1 amide bonds. The summed E-state index contributed by atoms with van der Waals surface area (Å²) in [4.78, 5) is 13.4. The van der Waals surface area contributed by atoms with E-state index in [1.165, 1.54) is 11.1 Å². The van der Waals surface area contributed by atoms with Gasteiger partial charge < -0.3 is 4.90 Å². The van der Waals surface area contributed by atoms with E-state index in [9.17, 15) is 4.79 Å².